The average molecular weight is 181 g/mol. The molecule has 1 atom stereocenters. The van der Waals surface area contributed by atoms with Gasteiger partial charge in [0.15, 0.2) is 0 Å². The van der Waals surface area contributed by atoms with Gasteiger partial charge in [-0.3, -0.25) is 14.5 Å². The highest BCUT2D eigenvalue weighted by Crippen LogP contribution is 2.08. The van der Waals surface area contributed by atoms with E-state index in [0.717, 1.165) is 0 Å². The Morgan fingerprint density at radius 2 is 2.08 bits per heavy atom. The van der Waals surface area contributed by atoms with Crippen LogP contribution in [0.25, 0.3) is 0 Å². The number of imide groups is 1. The SMILES string of the molecule is C#CCC(C)N1C(=O)COCC1=O. The highest BCUT2D eigenvalue weighted by molar-refractivity contribution is 5.98. The first-order chi connectivity index (χ1) is 6.16. The Morgan fingerprint density at radius 1 is 1.54 bits per heavy atom. The number of hydrogen-bond donors (Lipinski definition) is 0. The standard InChI is InChI=1S/C9H11NO3/c1-3-4-7(2)10-8(11)5-13-6-9(10)12/h1,7H,4-6H2,2H3. The maximum absolute atomic E-state index is 11.2. The topological polar surface area (TPSA) is 46.6 Å². The van der Waals surface area contributed by atoms with Crippen molar-refractivity contribution in [3.8, 4) is 12.3 Å². The molecule has 0 aromatic heterocycles. The van der Waals surface area contributed by atoms with Crippen LogP contribution in [0.1, 0.15) is 13.3 Å². The minimum Gasteiger partial charge on any atom is -0.362 e. The number of amides is 2. The quantitative estimate of drug-likeness (QED) is 0.437. The van der Waals surface area contributed by atoms with Crippen LogP contribution in [0.5, 0.6) is 0 Å². The van der Waals surface area contributed by atoms with Gasteiger partial charge in [-0.25, -0.2) is 0 Å². The zero-order chi connectivity index (χ0) is 9.84. The highest BCUT2D eigenvalue weighted by Gasteiger charge is 2.30. The lowest BCUT2D eigenvalue weighted by molar-refractivity contribution is -0.160. The molecule has 1 aliphatic heterocycles. The molecule has 0 aliphatic carbocycles. The van der Waals surface area contributed by atoms with E-state index in [2.05, 4.69) is 5.92 Å². The summed E-state index contributed by atoms with van der Waals surface area (Å²) in [4.78, 5) is 23.6. The molecule has 0 radical (unpaired) electrons. The molecule has 0 bridgehead atoms. The summed E-state index contributed by atoms with van der Waals surface area (Å²) in [6.45, 7) is 1.70. The van der Waals surface area contributed by atoms with Gasteiger partial charge in [-0.05, 0) is 6.92 Å². The zero-order valence-electron chi connectivity index (χ0n) is 7.45. The molecule has 1 unspecified atom stereocenters. The van der Waals surface area contributed by atoms with E-state index in [9.17, 15) is 9.59 Å². The van der Waals surface area contributed by atoms with Gasteiger partial charge in [0.1, 0.15) is 13.2 Å². The largest absolute Gasteiger partial charge is 0.362 e. The second-order valence-electron chi connectivity index (χ2n) is 2.91. The molecule has 1 heterocycles. The fourth-order valence-corrected chi connectivity index (χ4v) is 1.26. The van der Waals surface area contributed by atoms with Crippen LogP contribution in [0, 0.1) is 12.3 Å². The van der Waals surface area contributed by atoms with Gasteiger partial charge in [-0.2, -0.15) is 0 Å². The molecule has 0 saturated carbocycles. The number of carbonyl (C=O) groups excluding carboxylic acids is 2. The molecule has 0 spiro atoms. The lowest BCUT2D eigenvalue weighted by Gasteiger charge is -2.29. The third-order valence-electron chi connectivity index (χ3n) is 1.84. The van der Waals surface area contributed by atoms with E-state index >= 15 is 0 Å². The minimum atomic E-state index is -0.306. The Morgan fingerprint density at radius 3 is 2.54 bits per heavy atom. The number of terminal acetylenes is 1. The fourth-order valence-electron chi connectivity index (χ4n) is 1.26. The Kier molecular flexibility index (Phi) is 3.04. The lowest BCUT2D eigenvalue weighted by Crippen LogP contribution is -2.50. The number of ether oxygens (including phenoxy) is 1. The maximum Gasteiger partial charge on any atom is 0.255 e. The van der Waals surface area contributed by atoms with Gasteiger partial charge in [0.05, 0.1) is 0 Å². The van der Waals surface area contributed by atoms with Gasteiger partial charge in [0, 0.05) is 12.5 Å². The molecule has 1 fully saturated rings. The zero-order valence-corrected chi connectivity index (χ0v) is 7.45. The molecule has 1 saturated heterocycles. The van der Waals surface area contributed by atoms with Crippen LogP contribution < -0.4 is 0 Å². The van der Waals surface area contributed by atoms with Gasteiger partial charge >= 0.3 is 0 Å². The number of hydrogen-bond acceptors (Lipinski definition) is 3. The summed E-state index contributed by atoms with van der Waals surface area (Å²) in [5, 5.41) is 0. The molecule has 4 heteroatoms. The predicted molar refractivity (Wildman–Crippen MR) is 45.6 cm³/mol. The summed E-state index contributed by atoms with van der Waals surface area (Å²) in [6.07, 6.45) is 5.48. The van der Waals surface area contributed by atoms with Crippen molar-refractivity contribution in [2.45, 2.75) is 19.4 Å². The van der Waals surface area contributed by atoms with Crippen molar-refractivity contribution in [3.63, 3.8) is 0 Å². The first kappa shape index (κ1) is 9.75. The Hall–Kier alpha value is -1.34. The van der Waals surface area contributed by atoms with E-state index in [4.69, 9.17) is 11.2 Å². The van der Waals surface area contributed by atoms with E-state index in [1.54, 1.807) is 6.92 Å². The van der Waals surface area contributed by atoms with Crippen molar-refractivity contribution in [2.24, 2.45) is 0 Å². The molecule has 2 amide bonds. The predicted octanol–water partition coefficient (Wildman–Crippen LogP) is -0.216. The van der Waals surface area contributed by atoms with Crippen molar-refractivity contribution in [1.82, 2.24) is 4.90 Å². The smallest absolute Gasteiger partial charge is 0.255 e. The number of morpholine rings is 1. The van der Waals surface area contributed by atoms with Gasteiger partial charge < -0.3 is 4.74 Å². The first-order valence-corrected chi connectivity index (χ1v) is 4.03. The van der Waals surface area contributed by atoms with Crippen molar-refractivity contribution in [3.05, 3.63) is 0 Å². The average Bonchev–Trinajstić information content (AvgIpc) is 2.04. The maximum atomic E-state index is 11.2. The van der Waals surface area contributed by atoms with Gasteiger partial charge in [0.2, 0.25) is 0 Å². The Bertz CT molecular complexity index is 251. The summed E-state index contributed by atoms with van der Waals surface area (Å²) < 4.78 is 4.76. The third kappa shape index (κ3) is 2.07. The number of carbonyl (C=O) groups is 2. The van der Waals surface area contributed by atoms with Crippen LogP contribution in [0.3, 0.4) is 0 Å². The van der Waals surface area contributed by atoms with E-state index in [-0.39, 0.29) is 31.1 Å². The van der Waals surface area contributed by atoms with Crippen LogP contribution in [0.2, 0.25) is 0 Å². The minimum absolute atomic E-state index is 0.0271. The van der Waals surface area contributed by atoms with Crippen LogP contribution in [-0.4, -0.2) is 36.0 Å². The number of nitrogens with zero attached hydrogens (tertiary/aromatic N) is 1. The summed E-state index contributed by atoms with van der Waals surface area (Å²) in [6, 6.07) is -0.228. The van der Waals surface area contributed by atoms with Crippen molar-refractivity contribution in [1.29, 1.82) is 0 Å². The molecule has 1 aliphatic rings. The van der Waals surface area contributed by atoms with Crippen molar-refractivity contribution < 1.29 is 14.3 Å². The van der Waals surface area contributed by atoms with E-state index in [0.29, 0.717) is 6.42 Å². The van der Waals surface area contributed by atoms with Gasteiger partial charge in [-0.15, -0.1) is 12.3 Å². The monoisotopic (exact) mass is 181 g/mol. The van der Waals surface area contributed by atoms with Crippen LogP contribution in [0.4, 0.5) is 0 Å². The van der Waals surface area contributed by atoms with Crippen molar-refractivity contribution >= 4 is 11.8 Å². The summed E-state index contributed by atoms with van der Waals surface area (Å²) in [5.74, 6) is 1.81. The first-order valence-electron chi connectivity index (χ1n) is 4.03. The normalized spacial score (nSPS) is 19.8. The molecule has 4 nitrogen and oxygen atoms in total. The summed E-state index contributed by atoms with van der Waals surface area (Å²) in [7, 11) is 0. The van der Waals surface area contributed by atoms with Gasteiger partial charge in [-0.1, -0.05) is 0 Å². The third-order valence-corrected chi connectivity index (χ3v) is 1.84. The Labute approximate surface area is 76.8 Å². The summed E-state index contributed by atoms with van der Waals surface area (Å²) in [5.41, 5.74) is 0. The molecule has 0 aromatic rings. The molecule has 0 aromatic carbocycles. The van der Waals surface area contributed by atoms with Crippen LogP contribution >= 0.6 is 0 Å². The van der Waals surface area contributed by atoms with Crippen LogP contribution in [0.15, 0.2) is 0 Å². The molecule has 0 N–H and O–H groups in total. The molecular formula is C9H11NO3. The molecule has 1 rings (SSSR count). The van der Waals surface area contributed by atoms with Gasteiger partial charge in [0.25, 0.3) is 11.8 Å². The fraction of sp³-hybridized carbons (Fsp3) is 0.556. The lowest BCUT2D eigenvalue weighted by atomic mass is 10.2. The van der Waals surface area contributed by atoms with E-state index in [1.807, 2.05) is 0 Å². The second-order valence-corrected chi connectivity index (χ2v) is 2.91. The van der Waals surface area contributed by atoms with Crippen LogP contribution in [-0.2, 0) is 14.3 Å². The Balaban J connectivity index is 2.69. The van der Waals surface area contributed by atoms with Crippen molar-refractivity contribution in [2.75, 3.05) is 13.2 Å². The molecule has 13 heavy (non-hydrogen) atoms. The highest BCUT2D eigenvalue weighted by atomic mass is 16.5. The molecular weight excluding hydrogens is 170 g/mol. The molecule has 70 valence electrons. The second kappa shape index (κ2) is 4.06. The number of rotatable bonds is 2. The van der Waals surface area contributed by atoms with E-state index in [1.165, 1.54) is 4.90 Å². The van der Waals surface area contributed by atoms with E-state index < -0.39 is 0 Å². The summed E-state index contributed by atoms with van der Waals surface area (Å²) >= 11 is 0.